The molecular weight excluding hydrogens is 262 g/mol. The second kappa shape index (κ2) is 4.75. The highest BCUT2D eigenvalue weighted by molar-refractivity contribution is 9.10. The standard InChI is InChI=1S/C10H16BrNOS/c1-10(2,6-12-3)9(13)8-4-7(11)5-14-8/h4-5,9,12-13H,6H2,1-3H3. The fourth-order valence-corrected chi connectivity index (χ4v) is 3.05. The van der Waals surface area contributed by atoms with E-state index in [1.54, 1.807) is 11.3 Å². The van der Waals surface area contributed by atoms with Gasteiger partial charge >= 0.3 is 0 Å². The Bertz CT molecular complexity index is 298. The SMILES string of the molecule is CNCC(C)(C)C(O)c1cc(Br)cs1. The molecular formula is C10H16BrNOS. The van der Waals surface area contributed by atoms with E-state index in [0.29, 0.717) is 0 Å². The van der Waals surface area contributed by atoms with Gasteiger partial charge < -0.3 is 10.4 Å². The first kappa shape index (κ1) is 12.2. The normalized spacial score (nSPS) is 14.4. The lowest BCUT2D eigenvalue weighted by Gasteiger charge is -2.29. The average Bonchev–Trinajstić information content (AvgIpc) is 2.50. The molecule has 0 saturated heterocycles. The molecule has 0 amide bonds. The zero-order chi connectivity index (χ0) is 10.8. The average molecular weight is 278 g/mol. The highest BCUT2D eigenvalue weighted by Gasteiger charge is 2.29. The molecule has 80 valence electrons. The van der Waals surface area contributed by atoms with E-state index >= 15 is 0 Å². The summed E-state index contributed by atoms with van der Waals surface area (Å²) in [6.07, 6.45) is -0.411. The lowest BCUT2D eigenvalue weighted by molar-refractivity contribution is 0.0536. The Morgan fingerprint density at radius 1 is 1.64 bits per heavy atom. The third-order valence-electron chi connectivity index (χ3n) is 2.23. The molecule has 0 bridgehead atoms. The molecule has 0 aliphatic heterocycles. The van der Waals surface area contributed by atoms with E-state index in [-0.39, 0.29) is 5.41 Å². The summed E-state index contributed by atoms with van der Waals surface area (Å²) in [5, 5.41) is 15.2. The first-order chi connectivity index (χ1) is 6.47. The van der Waals surface area contributed by atoms with Crippen LogP contribution in [0.1, 0.15) is 24.8 Å². The predicted molar refractivity (Wildman–Crippen MR) is 64.7 cm³/mol. The Morgan fingerprint density at radius 3 is 2.71 bits per heavy atom. The van der Waals surface area contributed by atoms with Gasteiger partial charge in [0.25, 0.3) is 0 Å². The lowest BCUT2D eigenvalue weighted by Crippen LogP contribution is -2.32. The molecule has 0 aliphatic rings. The van der Waals surface area contributed by atoms with Gasteiger partial charge in [0.1, 0.15) is 0 Å². The largest absolute Gasteiger partial charge is 0.387 e. The number of rotatable bonds is 4. The van der Waals surface area contributed by atoms with Crippen LogP contribution in [-0.2, 0) is 0 Å². The van der Waals surface area contributed by atoms with Crippen LogP contribution < -0.4 is 5.32 Å². The Labute approximate surface area is 97.5 Å². The molecule has 1 aromatic rings. The van der Waals surface area contributed by atoms with Gasteiger partial charge in [0.15, 0.2) is 0 Å². The van der Waals surface area contributed by atoms with Crippen LogP contribution in [0.25, 0.3) is 0 Å². The number of thiophene rings is 1. The van der Waals surface area contributed by atoms with Crippen molar-refractivity contribution in [2.75, 3.05) is 13.6 Å². The molecule has 1 rings (SSSR count). The van der Waals surface area contributed by atoms with E-state index in [9.17, 15) is 5.11 Å². The Hall–Kier alpha value is 0.1000. The zero-order valence-electron chi connectivity index (χ0n) is 8.67. The quantitative estimate of drug-likeness (QED) is 0.887. The molecule has 1 unspecified atom stereocenters. The number of nitrogens with one attached hydrogen (secondary N) is 1. The van der Waals surface area contributed by atoms with Crippen LogP contribution in [0.15, 0.2) is 15.9 Å². The van der Waals surface area contributed by atoms with Crippen LogP contribution in [-0.4, -0.2) is 18.7 Å². The third kappa shape index (κ3) is 2.79. The maximum atomic E-state index is 10.1. The van der Waals surface area contributed by atoms with Gasteiger partial charge in [-0.2, -0.15) is 0 Å². The van der Waals surface area contributed by atoms with Crippen molar-refractivity contribution in [1.29, 1.82) is 0 Å². The molecule has 0 saturated carbocycles. The van der Waals surface area contributed by atoms with Crippen LogP contribution in [0.4, 0.5) is 0 Å². The Morgan fingerprint density at radius 2 is 2.29 bits per heavy atom. The molecule has 14 heavy (non-hydrogen) atoms. The van der Waals surface area contributed by atoms with Crippen molar-refractivity contribution in [3.8, 4) is 0 Å². The molecule has 2 nitrogen and oxygen atoms in total. The van der Waals surface area contributed by atoms with Crippen LogP contribution >= 0.6 is 27.3 Å². The van der Waals surface area contributed by atoms with Gasteiger partial charge in [0, 0.05) is 26.7 Å². The smallest absolute Gasteiger partial charge is 0.0945 e. The van der Waals surface area contributed by atoms with E-state index in [4.69, 9.17) is 0 Å². The van der Waals surface area contributed by atoms with E-state index in [2.05, 4.69) is 35.1 Å². The van der Waals surface area contributed by atoms with Crippen LogP contribution in [0, 0.1) is 5.41 Å². The summed E-state index contributed by atoms with van der Waals surface area (Å²) < 4.78 is 1.04. The summed E-state index contributed by atoms with van der Waals surface area (Å²) in [6, 6.07) is 1.98. The maximum Gasteiger partial charge on any atom is 0.0945 e. The van der Waals surface area contributed by atoms with Gasteiger partial charge in [-0.05, 0) is 29.0 Å². The molecule has 0 spiro atoms. The summed E-state index contributed by atoms with van der Waals surface area (Å²) in [6.45, 7) is 4.91. The van der Waals surface area contributed by atoms with Crippen molar-refractivity contribution in [1.82, 2.24) is 5.32 Å². The molecule has 4 heteroatoms. The Kier molecular flexibility index (Phi) is 4.13. The van der Waals surface area contributed by atoms with Crippen molar-refractivity contribution < 1.29 is 5.11 Å². The van der Waals surface area contributed by atoms with Gasteiger partial charge in [0.2, 0.25) is 0 Å². The maximum absolute atomic E-state index is 10.1. The van der Waals surface area contributed by atoms with Gasteiger partial charge in [0.05, 0.1) is 6.10 Å². The number of hydrogen-bond acceptors (Lipinski definition) is 3. The summed E-state index contributed by atoms with van der Waals surface area (Å²) in [5.41, 5.74) is -0.140. The first-order valence-electron chi connectivity index (χ1n) is 4.54. The fourth-order valence-electron chi connectivity index (χ4n) is 1.41. The van der Waals surface area contributed by atoms with Gasteiger partial charge in [-0.1, -0.05) is 13.8 Å². The highest BCUT2D eigenvalue weighted by Crippen LogP contribution is 2.36. The van der Waals surface area contributed by atoms with Crippen molar-refractivity contribution in [3.05, 3.63) is 20.8 Å². The highest BCUT2D eigenvalue weighted by atomic mass is 79.9. The van der Waals surface area contributed by atoms with Crippen LogP contribution in [0.3, 0.4) is 0 Å². The second-order valence-corrected chi connectivity index (χ2v) is 5.95. The lowest BCUT2D eigenvalue weighted by atomic mass is 9.85. The monoisotopic (exact) mass is 277 g/mol. The van der Waals surface area contributed by atoms with Gasteiger partial charge in [-0.25, -0.2) is 0 Å². The minimum absolute atomic E-state index is 0.140. The number of aliphatic hydroxyl groups is 1. The van der Waals surface area contributed by atoms with Crippen molar-refractivity contribution in [2.45, 2.75) is 20.0 Å². The molecule has 0 fully saturated rings. The fraction of sp³-hybridized carbons (Fsp3) is 0.600. The third-order valence-corrected chi connectivity index (χ3v) is 3.98. The number of aliphatic hydroxyl groups excluding tert-OH is 1. The van der Waals surface area contributed by atoms with Crippen molar-refractivity contribution >= 4 is 27.3 Å². The second-order valence-electron chi connectivity index (χ2n) is 4.09. The van der Waals surface area contributed by atoms with Crippen LogP contribution in [0.2, 0.25) is 0 Å². The van der Waals surface area contributed by atoms with Gasteiger partial charge in [-0.15, -0.1) is 11.3 Å². The molecule has 0 aromatic carbocycles. The summed E-state index contributed by atoms with van der Waals surface area (Å²) in [4.78, 5) is 1.01. The van der Waals surface area contributed by atoms with Gasteiger partial charge in [-0.3, -0.25) is 0 Å². The van der Waals surface area contributed by atoms with Crippen molar-refractivity contribution in [2.24, 2.45) is 5.41 Å². The number of hydrogen-bond donors (Lipinski definition) is 2. The molecule has 1 atom stereocenters. The van der Waals surface area contributed by atoms with E-state index in [0.717, 1.165) is 15.9 Å². The topological polar surface area (TPSA) is 32.3 Å². The van der Waals surface area contributed by atoms with E-state index in [1.807, 2.05) is 18.5 Å². The zero-order valence-corrected chi connectivity index (χ0v) is 11.1. The van der Waals surface area contributed by atoms with E-state index in [1.165, 1.54) is 0 Å². The Balaban J connectivity index is 2.78. The predicted octanol–water partition coefficient (Wildman–Crippen LogP) is 2.79. The molecule has 2 N–H and O–H groups in total. The molecule has 1 aromatic heterocycles. The summed E-state index contributed by atoms with van der Waals surface area (Å²) in [7, 11) is 1.90. The van der Waals surface area contributed by atoms with E-state index < -0.39 is 6.10 Å². The molecule has 0 radical (unpaired) electrons. The molecule has 1 heterocycles. The summed E-state index contributed by atoms with van der Waals surface area (Å²) >= 11 is 4.98. The number of halogens is 1. The van der Waals surface area contributed by atoms with Crippen LogP contribution in [0.5, 0.6) is 0 Å². The van der Waals surface area contributed by atoms with Crippen molar-refractivity contribution in [3.63, 3.8) is 0 Å². The minimum atomic E-state index is -0.411. The minimum Gasteiger partial charge on any atom is -0.387 e. The molecule has 0 aliphatic carbocycles. The first-order valence-corrected chi connectivity index (χ1v) is 6.21. The summed E-state index contributed by atoms with van der Waals surface area (Å²) in [5.74, 6) is 0.